The van der Waals surface area contributed by atoms with Crippen LogP contribution in [0.2, 0.25) is 0 Å². The van der Waals surface area contributed by atoms with E-state index in [2.05, 4.69) is 69.8 Å². The van der Waals surface area contributed by atoms with Crippen LogP contribution < -0.4 is 0 Å². The number of rotatable bonds is 0. The van der Waals surface area contributed by atoms with Crippen molar-refractivity contribution < 1.29 is 0 Å². The molecule has 3 atom stereocenters. The minimum Gasteiger partial charge on any atom is -0.0880 e. The molecule has 11 heavy (non-hydrogen) atoms. The molecule has 0 N–H and O–H groups in total. The number of fused-ring (bicyclic) bond motifs is 1. The van der Waals surface area contributed by atoms with Gasteiger partial charge in [-0.25, -0.2) is 0 Å². The van der Waals surface area contributed by atoms with Gasteiger partial charge in [0.15, 0.2) is 0 Å². The lowest BCUT2D eigenvalue weighted by Gasteiger charge is -2.51. The van der Waals surface area contributed by atoms with Gasteiger partial charge in [-0.05, 0) is 0 Å². The summed E-state index contributed by atoms with van der Waals surface area (Å²) in [5.74, 6) is 1.36. The molecule has 0 amide bonds. The van der Waals surface area contributed by atoms with Crippen LogP contribution in [-0.4, -0.2) is 14.5 Å². The van der Waals surface area contributed by atoms with E-state index >= 15 is 0 Å². The maximum absolute atomic E-state index is 3.69. The molecule has 0 spiro atoms. The average molecular weight is 410 g/mol. The molecule has 0 heterocycles. The summed E-state index contributed by atoms with van der Waals surface area (Å²) in [4.78, 5) is 1.79. The van der Waals surface area contributed by atoms with Crippen LogP contribution in [-0.2, 0) is 0 Å². The molecule has 3 rings (SSSR count). The molecule has 0 aliphatic heterocycles. The first-order chi connectivity index (χ1) is 5.13. The highest BCUT2D eigenvalue weighted by molar-refractivity contribution is 9.14. The quantitative estimate of drug-likeness (QED) is 0.534. The zero-order chi connectivity index (χ0) is 8.17. The van der Waals surface area contributed by atoms with Crippen LogP contribution >= 0.6 is 63.7 Å². The minimum absolute atomic E-state index is 0.487. The molecule has 0 saturated heterocycles. The van der Waals surface area contributed by atoms with Crippen molar-refractivity contribution in [1.29, 1.82) is 0 Å². The first kappa shape index (κ1) is 9.22. The summed E-state index contributed by atoms with van der Waals surface area (Å²) in [6.45, 7) is 0. The third kappa shape index (κ3) is 1.24. The monoisotopic (exact) mass is 406 g/mol. The summed E-state index contributed by atoms with van der Waals surface area (Å²) in [5, 5.41) is 0. The summed E-state index contributed by atoms with van der Waals surface area (Å²) in [6.07, 6.45) is 2.29. The van der Waals surface area contributed by atoms with Crippen LogP contribution in [0.25, 0.3) is 0 Å². The van der Waals surface area contributed by atoms with Gasteiger partial charge in [-0.15, -0.1) is 0 Å². The summed E-state index contributed by atoms with van der Waals surface area (Å²) >= 11 is 14.6. The van der Waals surface area contributed by atoms with E-state index in [0.717, 1.165) is 0 Å². The predicted octanol–water partition coefficient (Wildman–Crippen LogP) is 3.82. The lowest BCUT2D eigenvalue weighted by molar-refractivity contribution is 0.274. The van der Waals surface area contributed by atoms with Gasteiger partial charge in [-0.1, -0.05) is 69.8 Å². The second-order valence-electron chi connectivity index (χ2n) is 3.00. The molecule has 4 heteroatoms. The fraction of sp³-hybridized carbons (Fsp3) is 0.714. The van der Waals surface area contributed by atoms with Crippen LogP contribution in [0.5, 0.6) is 0 Å². The molecule has 2 bridgehead atoms. The Bertz CT molecular complexity index is 202. The van der Waals surface area contributed by atoms with Crippen LogP contribution in [0, 0.1) is 11.8 Å². The molecular weight excluding hydrogens is 404 g/mol. The van der Waals surface area contributed by atoms with E-state index in [4.69, 9.17) is 0 Å². The first-order valence-corrected chi connectivity index (χ1v) is 6.96. The summed E-state index contributed by atoms with van der Waals surface area (Å²) in [7, 11) is 0. The van der Waals surface area contributed by atoms with Crippen molar-refractivity contribution in [3.05, 3.63) is 10.6 Å². The van der Waals surface area contributed by atoms with E-state index in [1.807, 2.05) is 0 Å². The molecule has 0 aromatic heterocycles. The largest absolute Gasteiger partial charge is 0.0880 e. The smallest absolute Gasteiger partial charge is 0.0508 e. The lowest BCUT2D eigenvalue weighted by atomic mass is 9.69. The zero-order valence-electron chi connectivity index (χ0n) is 5.48. The maximum atomic E-state index is 3.69. The van der Waals surface area contributed by atoms with Gasteiger partial charge in [0.05, 0.1) is 4.83 Å². The van der Waals surface area contributed by atoms with Crippen LogP contribution in [0.1, 0.15) is 0 Å². The number of allylic oxidation sites excluding steroid dienone is 2. The molecule has 3 aliphatic rings. The number of halogens is 4. The Balaban J connectivity index is 2.29. The maximum Gasteiger partial charge on any atom is 0.0508 e. The Kier molecular flexibility index (Phi) is 2.60. The van der Waals surface area contributed by atoms with E-state index in [1.54, 1.807) is 0 Å². The van der Waals surface area contributed by atoms with Crippen LogP contribution in [0.4, 0.5) is 0 Å². The standard InChI is InChI=1S/C7H6Br4/c8-3-1-2-5(9)4(6(2)10)7(3)11/h1-2,4-7H/t2?,4?,5-,6-,7+/m1/s1. The van der Waals surface area contributed by atoms with Crippen molar-refractivity contribution in [2.45, 2.75) is 14.5 Å². The Morgan fingerprint density at radius 1 is 1.09 bits per heavy atom. The molecule has 1 fully saturated rings. The van der Waals surface area contributed by atoms with Crippen molar-refractivity contribution in [1.82, 2.24) is 0 Å². The van der Waals surface area contributed by atoms with E-state index in [-0.39, 0.29) is 0 Å². The molecular formula is C7H6Br4. The topological polar surface area (TPSA) is 0 Å². The zero-order valence-corrected chi connectivity index (χ0v) is 11.8. The molecule has 62 valence electrons. The van der Waals surface area contributed by atoms with E-state index in [0.29, 0.717) is 26.3 Å². The highest BCUT2D eigenvalue weighted by atomic mass is 79.9. The molecule has 0 radical (unpaired) electrons. The number of hydrogen-bond acceptors (Lipinski definition) is 0. The molecule has 0 nitrogen and oxygen atoms in total. The summed E-state index contributed by atoms with van der Waals surface area (Å²) < 4.78 is 1.30. The third-order valence-electron chi connectivity index (χ3n) is 2.42. The highest BCUT2D eigenvalue weighted by Gasteiger charge is 2.53. The number of alkyl halides is 3. The normalized spacial score (nSPS) is 54.9. The SMILES string of the molecule is BrC1=CC2[C@@H](Br)C([C@@H]2Br)[C@H]1Br. The minimum atomic E-state index is 0.487. The lowest BCUT2D eigenvalue weighted by Crippen LogP contribution is -2.55. The highest BCUT2D eigenvalue weighted by Crippen LogP contribution is 2.55. The van der Waals surface area contributed by atoms with Gasteiger partial charge >= 0.3 is 0 Å². The molecule has 0 aromatic rings. The van der Waals surface area contributed by atoms with Crippen LogP contribution in [0.3, 0.4) is 0 Å². The van der Waals surface area contributed by atoms with Gasteiger partial charge in [0.2, 0.25) is 0 Å². The van der Waals surface area contributed by atoms with Crippen molar-refractivity contribution in [3.8, 4) is 0 Å². The second kappa shape index (κ2) is 3.10. The van der Waals surface area contributed by atoms with Crippen molar-refractivity contribution in [2.75, 3.05) is 0 Å². The van der Waals surface area contributed by atoms with Gasteiger partial charge in [0.25, 0.3) is 0 Å². The van der Waals surface area contributed by atoms with Gasteiger partial charge in [0.1, 0.15) is 0 Å². The molecule has 0 unspecified atom stereocenters. The molecule has 0 aromatic carbocycles. The fourth-order valence-corrected chi connectivity index (χ4v) is 6.98. The average Bonchev–Trinajstić information content (AvgIpc) is 1.97. The summed E-state index contributed by atoms with van der Waals surface area (Å²) in [5.41, 5.74) is 0. The van der Waals surface area contributed by atoms with E-state index in [9.17, 15) is 0 Å². The number of hydrogen-bond donors (Lipinski definition) is 0. The second-order valence-corrected chi connectivity index (χ2v) is 7.01. The van der Waals surface area contributed by atoms with Gasteiger partial charge < -0.3 is 0 Å². The third-order valence-corrected chi connectivity index (χ3v) is 7.34. The van der Waals surface area contributed by atoms with E-state index < -0.39 is 0 Å². The van der Waals surface area contributed by atoms with Crippen molar-refractivity contribution in [2.24, 2.45) is 11.8 Å². The Labute approximate surface area is 99.7 Å². The Morgan fingerprint density at radius 3 is 2.00 bits per heavy atom. The predicted molar refractivity (Wildman–Crippen MR) is 62.1 cm³/mol. The van der Waals surface area contributed by atoms with Crippen LogP contribution in [0.15, 0.2) is 10.6 Å². The van der Waals surface area contributed by atoms with Crippen molar-refractivity contribution in [3.63, 3.8) is 0 Å². The molecule has 1 saturated carbocycles. The first-order valence-electron chi connectivity index (χ1n) is 3.42. The molecule has 3 aliphatic carbocycles. The Morgan fingerprint density at radius 2 is 1.64 bits per heavy atom. The fourth-order valence-electron chi connectivity index (χ4n) is 1.69. The van der Waals surface area contributed by atoms with Gasteiger partial charge in [-0.2, -0.15) is 0 Å². The van der Waals surface area contributed by atoms with Gasteiger partial charge in [-0.3, -0.25) is 0 Å². The Hall–Kier alpha value is 1.66. The van der Waals surface area contributed by atoms with E-state index in [1.165, 1.54) is 4.48 Å². The van der Waals surface area contributed by atoms with Crippen molar-refractivity contribution >= 4 is 63.7 Å². The van der Waals surface area contributed by atoms with Gasteiger partial charge in [0, 0.05) is 26.0 Å². The summed E-state index contributed by atoms with van der Waals surface area (Å²) in [6, 6.07) is 0.